The molecule has 1 aromatic heterocycles. The summed E-state index contributed by atoms with van der Waals surface area (Å²) in [6.45, 7) is 1.18. The van der Waals surface area contributed by atoms with Gasteiger partial charge in [-0.1, -0.05) is 42.5 Å². The molecule has 0 unspecified atom stereocenters. The Bertz CT molecular complexity index is 876. The van der Waals surface area contributed by atoms with Crippen molar-refractivity contribution < 1.29 is 18.7 Å². The molecule has 5 heteroatoms. The first-order valence-corrected chi connectivity index (χ1v) is 9.03. The quantitative estimate of drug-likeness (QED) is 0.670. The molecule has 27 heavy (non-hydrogen) atoms. The lowest BCUT2D eigenvalue weighted by Gasteiger charge is -2.30. The molecule has 1 atom stereocenters. The number of nitrogens with zero attached hydrogens (tertiary/aromatic N) is 1. The van der Waals surface area contributed by atoms with Gasteiger partial charge in [0.15, 0.2) is 11.5 Å². The third kappa shape index (κ3) is 4.14. The van der Waals surface area contributed by atoms with Crippen LogP contribution in [-0.2, 0) is 17.8 Å². The highest BCUT2D eigenvalue weighted by atomic mass is 16.6. The van der Waals surface area contributed by atoms with E-state index in [9.17, 15) is 4.79 Å². The predicted molar refractivity (Wildman–Crippen MR) is 101 cm³/mol. The van der Waals surface area contributed by atoms with E-state index in [1.807, 2.05) is 54.6 Å². The average Bonchev–Trinajstić information content (AvgIpc) is 3.24. The van der Waals surface area contributed by atoms with E-state index in [1.165, 1.54) is 5.56 Å². The van der Waals surface area contributed by atoms with Crippen molar-refractivity contribution in [2.45, 2.75) is 19.1 Å². The molecule has 2 aromatic carbocycles. The first kappa shape index (κ1) is 17.2. The van der Waals surface area contributed by atoms with Crippen molar-refractivity contribution in [1.82, 2.24) is 4.90 Å². The van der Waals surface area contributed by atoms with E-state index in [0.29, 0.717) is 24.6 Å². The highest BCUT2D eigenvalue weighted by molar-refractivity contribution is 5.82. The van der Waals surface area contributed by atoms with Gasteiger partial charge in [-0.05, 0) is 36.2 Å². The van der Waals surface area contributed by atoms with Gasteiger partial charge in [0.2, 0.25) is 6.10 Å². The van der Waals surface area contributed by atoms with Crippen molar-refractivity contribution in [3.63, 3.8) is 0 Å². The number of hydrogen-bond donors (Lipinski definition) is 0. The molecule has 0 saturated heterocycles. The monoisotopic (exact) mass is 363 g/mol. The first-order valence-electron chi connectivity index (χ1n) is 9.03. The fourth-order valence-electron chi connectivity index (χ4n) is 3.11. The smallest absolute Gasteiger partial charge is 0.267 e. The lowest BCUT2D eigenvalue weighted by atomic mass is 10.1. The van der Waals surface area contributed by atoms with Crippen LogP contribution in [0.3, 0.4) is 0 Å². The lowest BCUT2D eigenvalue weighted by molar-refractivity contribution is -0.142. The van der Waals surface area contributed by atoms with E-state index in [2.05, 4.69) is 12.1 Å². The third-order valence-electron chi connectivity index (χ3n) is 4.54. The fourth-order valence-corrected chi connectivity index (χ4v) is 3.11. The van der Waals surface area contributed by atoms with E-state index >= 15 is 0 Å². The predicted octanol–water partition coefficient (Wildman–Crippen LogP) is 3.69. The number of benzene rings is 2. The van der Waals surface area contributed by atoms with Crippen LogP contribution < -0.4 is 9.47 Å². The zero-order valence-electron chi connectivity index (χ0n) is 14.9. The van der Waals surface area contributed by atoms with Gasteiger partial charge in [0.05, 0.1) is 12.8 Å². The third-order valence-corrected chi connectivity index (χ3v) is 4.54. The summed E-state index contributed by atoms with van der Waals surface area (Å²) < 4.78 is 17.1. The summed E-state index contributed by atoms with van der Waals surface area (Å²) in [5.74, 6) is 1.91. The van der Waals surface area contributed by atoms with Crippen LogP contribution in [0.15, 0.2) is 77.4 Å². The standard InChI is InChI=1S/C22H21NO4/c24-22(21-16-26-19-10-4-5-11-20(19)27-21)23(15-18-9-6-14-25-18)13-12-17-7-2-1-3-8-17/h1-11,14,21H,12-13,15-16H2/t21-/m1/s1. The van der Waals surface area contributed by atoms with Crippen molar-refractivity contribution in [3.8, 4) is 11.5 Å². The Labute approximate surface area is 158 Å². The number of fused-ring (bicyclic) bond motifs is 1. The number of para-hydroxylation sites is 2. The number of ether oxygens (including phenoxy) is 2. The lowest BCUT2D eigenvalue weighted by Crippen LogP contribution is -2.46. The normalized spacial score (nSPS) is 15.3. The van der Waals surface area contributed by atoms with Crippen LogP contribution in [0.5, 0.6) is 11.5 Å². The van der Waals surface area contributed by atoms with Crippen molar-refractivity contribution >= 4 is 5.91 Å². The first-order chi connectivity index (χ1) is 13.3. The maximum atomic E-state index is 13.1. The SMILES string of the molecule is O=C([C@H]1COc2ccccc2O1)N(CCc1ccccc1)Cc1ccco1. The molecule has 0 spiro atoms. The molecule has 0 bridgehead atoms. The van der Waals surface area contributed by atoms with E-state index in [1.54, 1.807) is 11.2 Å². The number of carbonyl (C=O) groups excluding carboxylic acids is 1. The molecule has 1 amide bonds. The highest BCUT2D eigenvalue weighted by Crippen LogP contribution is 2.31. The minimum absolute atomic E-state index is 0.100. The maximum Gasteiger partial charge on any atom is 0.267 e. The molecule has 4 rings (SSSR count). The number of amides is 1. The van der Waals surface area contributed by atoms with Gasteiger partial charge in [-0.15, -0.1) is 0 Å². The van der Waals surface area contributed by atoms with Crippen molar-refractivity contribution in [2.24, 2.45) is 0 Å². The van der Waals surface area contributed by atoms with Crippen LogP contribution in [0.2, 0.25) is 0 Å². The van der Waals surface area contributed by atoms with Gasteiger partial charge >= 0.3 is 0 Å². The van der Waals surface area contributed by atoms with Gasteiger partial charge < -0.3 is 18.8 Å². The van der Waals surface area contributed by atoms with Crippen molar-refractivity contribution in [2.75, 3.05) is 13.2 Å². The zero-order chi connectivity index (χ0) is 18.5. The molecule has 5 nitrogen and oxygen atoms in total. The molecule has 2 heterocycles. The summed E-state index contributed by atoms with van der Waals surface area (Å²) in [7, 11) is 0. The van der Waals surface area contributed by atoms with E-state index in [4.69, 9.17) is 13.9 Å². The van der Waals surface area contributed by atoms with E-state index < -0.39 is 6.10 Å². The molecule has 138 valence electrons. The number of hydrogen-bond acceptors (Lipinski definition) is 4. The molecular formula is C22H21NO4. The molecule has 0 aliphatic carbocycles. The molecule has 0 saturated carbocycles. The van der Waals surface area contributed by atoms with Gasteiger partial charge in [0, 0.05) is 6.54 Å². The second-order valence-corrected chi connectivity index (χ2v) is 6.44. The van der Waals surface area contributed by atoms with Crippen LogP contribution in [0.4, 0.5) is 0 Å². The molecule has 1 aliphatic heterocycles. The van der Waals surface area contributed by atoms with Gasteiger partial charge in [-0.2, -0.15) is 0 Å². The Balaban J connectivity index is 1.48. The van der Waals surface area contributed by atoms with E-state index in [-0.39, 0.29) is 12.5 Å². The van der Waals surface area contributed by atoms with E-state index in [0.717, 1.165) is 12.2 Å². The fraction of sp³-hybridized carbons (Fsp3) is 0.227. The number of furan rings is 1. The minimum atomic E-state index is -0.661. The Morgan fingerprint density at radius 1 is 0.963 bits per heavy atom. The molecule has 1 aliphatic rings. The second-order valence-electron chi connectivity index (χ2n) is 6.44. The molecule has 0 radical (unpaired) electrons. The van der Waals surface area contributed by atoms with Crippen molar-refractivity contribution in [1.29, 1.82) is 0 Å². The van der Waals surface area contributed by atoms with Gasteiger partial charge in [0.25, 0.3) is 5.91 Å². The van der Waals surface area contributed by atoms with Crippen LogP contribution in [0.25, 0.3) is 0 Å². The van der Waals surface area contributed by atoms with Crippen LogP contribution in [0.1, 0.15) is 11.3 Å². The summed E-state index contributed by atoms with van der Waals surface area (Å²) in [5.41, 5.74) is 1.18. The molecular weight excluding hydrogens is 342 g/mol. The van der Waals surface area contributed by atoms with Crippen molar-refractivity contribution in [3.05, 3.63) is 84.3 Å². The zero-order valence-corrected chi connectivity index (χ0v) is 14.9. The van der Waals surface area contributed by atoms with Gasteiger partial charge in [0.1, 0.15) is 12.4 Å². The molecule has 0 fully saturated rings. The molecule has 3 aromatic rings. The maximum absolute atomic E-state index is 13.1. The van der Waals surface area contributed by atoms with Gasteiger partial charge in [-0.25, -0.2) is 0 Å². The van der Waals surface area contributed by atoms with Crippen LogP contribution in [-0.4, -0.2) is 30.1 Å². The Morgan fingerprint density at radius 3 is 2.52 bits per heavy atom. The Morgan fingerprint density at radius 2 is 1.74 bits per heavy atom. The van der Waals surface area contributed by atoms with Crippen LogP contribution >= 0.6 is 0 Å². The Hall–Kier alpha value is -3.21. The largest absolute Gasteiger partial charge is 0.485 e. The molecule has 0 N–H and O–H groups in total. The topological polar surface area (TPSA) is 51.9 Å². The minimum Gasteiger partial charge on any atom is -0.485 e. The number of carbonyl (C=O) groups is 1. The number of rotatable bonds is 6. The summed E-state index contributed by atoms with van der Waals surface area (Å²) in [6, 6.07) is 21.2. The second kappa shape index (κ2) is 7.99. The average molecular weight is 363 g/mol. The van der Waals surface area contributed by atoms with Crippen LogP contribution in [0, 0.1) is 0 Å². The van der Waals surface area contributed by atoms with Gasteiger partial charge in [-0.3, -0.25) is 4.79 Å². The summed E-state index contributed by atoms with van der Waals surface area (Å²) in [4.78, 5) is 14.9. The Kier molecular flexibility index (Phi) is 5.10. The summed E-state index contributed by atoms with van der Waals surface area (Å²) in [5, 5.41) is 0. The summed E-state index contributed by atoms with van der Waals surface area (Å²) in [6.07, 6.45) is 1.72. The highest BCUT2D eigenvalue weighted by Gasteiger charge is 2.31. The summed E-state index contributed by atoms with van der Waals surface area (Å²) >= 11 is 0.